The molecule has 0 saturated heterocycles. The average Bonchev–Trinajstić information content (AvgIpc) is 2.47. The molecular weight excluding hydrogens is 338 g/mol. The lowest BCUT2D eigenvalue weighted by molar-refractivity contribution is 1.10. The van der Waals surface area contributed by atoms with Crippen molar-refractivity contribution in [3.8, 4) is 0 Å². The first-order chi connectivity index (χ1) is 9.74. The number of nitrogens with zero attached hydrogens (tertiary/aromatic N) is 2. The van der Waals surface area contributed by atoms with Gasteiger partial charge in [-0.05, 0) is 45.8 Å². The molecule has 2 aromatic carbocycles. The maximum Gasteiger partial charge on any atom is 0.137 e. The zero-order valence-corrected chi connectivity index (χ0v) is 12.8. The van der Waals surface area contributed by atoms with Crippen LogP contribution in [0.15, 0.2) is 53.3 Å². The predicted octanol–water partition coefficient (Wildman–Crippen LogP) is 4.66. The standard InChI is InChI=1S/C15H11BrClN3/c16-13-3-1-2-12-14(13)19-9-20-15(12)18-8-10-4-6-11(17)7-5-10/h1-7,9H,8H2,(H,18,19,20). The average molecular weight is 349 g/mol. The van der Waals surface area contributed by atoms with Crippen LogP contribution in [0.4, 0.5) is 5.82 Å². The number of fused-ring (bicyclic) bond motifs is 1. The summed E-state index contributed by atoms with van der Waals surface area (Å²) in [5.41, 5.74) is 2.05. The summed E-state index contributed by atoms with van der Waals surface area (Å²) in [7, 11) is 0. The van der Waals surface area contributed by atoms with Crippen LogP contribution in [0.3, 0.4) is 0 Å². The van der Waals surface area contributed by atoms with Gasteiger partial charge in [0.25, 0.3) is 0 Å². The minimum atomic E-state index is 0.690. The molecule has 0 bridgehead atoms. The minimum absolute atomic E-state index is 0.690. The summed E-state index contributed by atoms with van der Waals surface area (Å²) in [5, 5.41) is 5.07. The molecule has 3 rings (SSSR count). The largest absolute Gasteiger partial charge is 0.365 e. The Labute approximate surface area is 130 Å². The molecule has 100 valence electrons. The monoisotopic (exact) mass is 347 g/mol. The molecule has 3 aromatic rings. The number of halogens is 2. The number of anilines is 1. The molecule has 5 heteroatoms. The second kappa shape index (κ2) is 5.77. The molecule has 0 aliphatic heterocycles. The second-order valence-electron chi connectivity index (χ2n) is 4.34. The van der Waals surface area contributed by atoms with Gasteiger partial charge >= 0.3 is 0 Å². The number of hydrogen-bond donors (Lipinski definition) is 1. The first-order valence-electron chi connectivity index (χ1n) is 6.11. The molecule has 0 unspecified atom stereocenters. The highest BCUT2D eigenvalue weighted by Crippen LogP contribution is 2.26. The van der Waals surface area contributed by atoms with Gasteiger partial charge < -0.3 is 5.32 Å². The zero-order chi connectivity index (χ0) is 13.9. The Morgan fingerprint density at radius 3 is 2.65 bits per heavy atom. The molecule has 0 radical (unpaired) electrons. The number of hydrogen-bond acceptors (Lipinski definition) is 3. The molecule has 20 heavy (non-hydrogen) atoms. The second-order valence-corrected chi connectivity index (χ2v) is 5.63. The lowest BCUT2D eigenvalue weighted by atomic mass is 10.2. The van der Waals surface area contributed by atoms with E-state index >= 15 is 0 Å². The molecule has 3 nitrogen and oxygen atoms in total. The molecule has 0 aliphatic carbocycles. The number of aromatic nitrogens is 2. The molecule has 0 amide bonds. The van der Waals surface area contributed by atoms with E-state index in [1.165, 1.54) is 0 Å². The molecule has 0 atom stereocenters. The van der Waals surface area contributed by atoms with E-state index in [-0.39, 0.29) is 0 Å². The van der Waals surface area contributed by atoms with E-state index in [0.29, 0.717) is 6.54 Å². The Kier molecular flexibility index (Phi) is 3.85. The van der Waals surface area contributed by atoms with E-state index < -0.39 is 0 Å². The van der Waals surface area contributed by atoms with Gasteiger partial charge in [-0.25, -0.2) is 9.97 Å². The first kappa shape index (κ1) is 13.3. The Morgan fingerprint density at radius 2 is 1.85 bits per heavy atom. The van der Waals surface area contributed by atoms with Crippen molar-refractivity contribution >= 4 is 44.3 Å². The quantitative estimate of drug-likeness (QED) is 0.748. The van der Waals surface area contributed by atoms with E-state index in [1.54, 1.807) is 6.33 Å². The third kappa shape index (κ3) is 2.76. The highest BCUT2D eigenvalue weighted by atomic mass is 79.9. The maximum absolute atomic E-state index is 5.88. The van der Waals surface area contributed by atoms with Crippen LogP contribution >= 0.6 is 27.5 Å². The molecule has 1 heterocycles. The normalized spacial score (nSPS) is 10.7. The van der Waals surface area contributed by atoms with Gasteiger partial charge in [0.05, 0.1) is 5.52 Å². The molecular formula is C15H11BrClN3. The fraction of sp³-hybridized carbons (Fsp3) is 0.0667. The summed E-state index contributed by atoms with van der Waals surface area (Å²) < 4.78 is 0.965. The lowest BCUT2D eigenvalue weighted by Crippen LogP contribution is -2.02. The van der Waals surface area contributed by atoms with E-state index in [9.17, 15) is 0 Å². The topological polar surface area (TPSA) is 37.8 Å². The van der Waals surface area contributed by atoms with E-state index in [0.717, 1.165) is 31.8 Å². The number of benzene rings is 2. The Balaban J connectivity index is 1.88. The van der Waals surface area contributed by atoms with Gasteiger partial charge in [-0.3, -0.25) is 0 Å². The molecule has 0 aliphatic rings. The zero-order valence-electron chi connectivity index (χ0n) is 10.5. The van der Waals surface area contributed by atoms with Crippen molar-refractivity contribution < 1.29 is 0 Å². The van der Waals surface area contributed by atoms with Gasteiger partial charge in [0.2, 0.25) is 0 Å². The minimum Gasteiger partial charge on any atom is -0.365 e. The molecule has 1 N–H and O–H groups in total. The summed E-state index contributed by atoms with van der Waals surface area (Å²) in [6.07, 6.45) is 1.57. The Bertz CT molecular complexity index is 744. The predicted molar refractivity (Wildman–Crippen MR) is 86.0 cm³/mol. The molecule has 0 saturated carbocycles. The Morgan fingerprint density at radius 1 is 1.05 bits per heavy atom. The van der Waals surface area contributed by atoms with E-state index in [2.05, 4.69) is 31.2 Å². The fourth-order valence-corrected chi connectivity index (χ4v) is 2.57. The fourth-order valence-electron chi connectivity index (χ4n) is 1.98. The van der Waals surface area contributed by atoms with Crippen LogP contribution in [-0.2, 0) is 6.54 Å². The van der Waals surface area contributed by atoms with Gasteiger partial charge in [0.15, 0.2) is 0 Å². The molecule has 0 fully saturated rings. The first-order valence-corrected chi connectivity index (χ1v) is 7.29. The summed E-state index contributed by atoms with van der Waals surface area (Å²) >= 11 is 9.38. The van der Waals surface area contributed by atoms with Gasteiger partial charge in [0, 0.05) is 21.4 Å². The Hall–Kier alpha value is -1.65. The van der Waals surface area contributed by atoms with Gasteiger partial charge in [-0.1, -0.05) is 29.8 Å². The van der Waals surface area contributed by atoms with Crippen molar-refractivity contribution in [2.75, 3.05) is 5.32 Å². The van der Waals surface area contributed by atoms with Gasteiger partial charge in [-0.2, -0.15) is 0 Å². The summed E-state index contributed by atoms with van der Waals surface area (Å²) in [4.78, 5) is 8.60. The summed E-state index contributed by atoms with van der Waals surface area (Å²) in [6, 6.07) is 13.7. The van der Waals surface area contributed by atoms with Crippen LogP contribution in [0.25, 0.3) is 10.9 Å². The van der Waals surface area contributed by atoms with Crippen LogP contribution in [0.1, 0.15) is 5.56 Å². The van der Waals surface area contributed by atoms with Crippen molar-refractivity contribution in [1.29, 1.82) is 0 Å². The SMILES string of the molecule is Clc1ccc(CNc2ncnc3c(Br)cccc23)cc1. The molecule has 1 aromatic heterocycles. The van der Waals surface area contributed by atoms with E-state index in [1.807, 2.05) is 42.5 Å². The van der Waals surface area contributed by atoms with Crippen molar-refractivity contribution in [3.63, 3.8) is 0 Å². The van der Waals surface area contributed by atoms with Crippen molar-refractivity contribution in [2.45, 2.75) is 6.54 Å². The lowest BCUT2D eigenvalue weighted by Gasteiger charge is -2.09. The number of rotatable bonds is 3. The van der Waals surface area contributed by atoms with Gasteiger partial charge in [-0.15, -0.1) is 0 Å². The van der Waals surface area contributed by atoms with E-state index in [4.69, 9.17) is 11.6 Å². The van der Waals surface area contributed by atoms with Crippen LogP contribution in [0, 0.1) is 0 Å². The summed E-state index contributed by atoms with van der Waals surface area (Å²) in [5.74, 6) is 0.825. The van der Waals surface area contributed by atoms with Crippen LogP contribution in [-0.4, -0.2) is 9.97 Å². The third-order valence-electron chi connectivity index (χ3n) is 2.99. The highest BCUT2D eigenvalue weighted by molar-refractivity contribution is 9.10. The smallest absolute Gasteiger partial charge is 0.137 e. The van der Waals surface area contributed by atoms with Crippen molar-refractivity contribution in [2.24, 2.45) is 0 Å². The maximum atomic E-state index is 5.88. The van der Waals surface area contributed by atoms with Crippen LogP contribution < -0.4 is 5.32 Å². The van der Waals surface area contributed by atoms with Crippen LogP contribution in [0.5, 0.6) is 0 Å². The highest BCUT2D eigenvalue weighted by Gasteiger charge is 2.05. The van der Waals surface area contributed by atoms with Gasteiger partial charge in [0.1, 0.15) is 12.1 Å². The number of para-hydroxylation sites is 1. The summed E-state index contributed by atoms with van der Waals surface area (Å²) in [6.45, 7) is 0.690. The van der Waals surface area contributed by atoms with Crippen molar-refractivity contribution in [1.82, 2.24) is 9.97 Å². The van der Waals surface area contributed by atoms with Crippen LogP contribution in [0.2, 0.25) is 5.02 Å². The third-order valence-corrected chi connectivity index (χ3v) is 3.88. The number of nitrogens with one attached hydrogen (secondary N) is 1. The van der Waals surface area contributed by atoms with Crippen molar-refractivity contribution in [3.05, 3.63) is 63.9 Å². The molecule has 0 spiro atoms.